The van der Waals surface area contributed by atoms with E-state index in [1.54, 1.807) is 6.33 Å². The van der Waals surface area contributed by atoms with Gasteiger partial charge in [-0.1, -0.05) is 0 Å². The number of piperidine rings is 1. The van der Waals surface area contributed by atoms with E-state index < -0.39 is 10.0 Å². The highest BCUT2D eigenvalue weighted by atomic mass is 32.2. The summed E-state index contributed by atoms with van der Waals surface area (Å²) in [6.07, 6.45) is 5.24. The fourth-order valence-corrected chi connectivity index (χ4v) is 5.24. The average molecular weight is 413 g/mol. The van der Waals surface area contributed by atoms with Gasteiger partial charge < -0.3 is 9.80 Å². The maximum atomic E-state index is 12.9. The molecule has 8 nitrogen and oxygen atoms in total. The first-order valence-electron chi connectivity index (χ1n) is 9.90. The Bertz CT molecular complexity index is 988. The normalized spacial score (nSPS) is 18.4. The lowest BCUT2D eigenvalue weighted by Crippen LogP contribution is -2.49. The summed E-state index contributed by atoms with van der Waals surface area (Å²) in [6, 6.07) is 10.1. The Hall–Kier alpha value is -2.70. The first kappa shape index (κ1) is 19.6. The molecule has 29 heavy (non-hydrogen) atoms. The van der Waals surface area contributed by atoms with Crippen molar-refractivity contribution in [3.05, 3.63) is 42.2 Å². The van der Waals surface area contributed by atoms with Gasteiger partial charge in [-0.3, -0.25) is 0 Å². The molecule has 2 fully saturated rings. The third-order valence-electron chi connectivity index (χ3n) is 5.50. The van der Waals surface area contributed by atoms with Gasteiger partial charge in [0.15, 0.2) is 0 Å². The second kappa shape index (κ2) is 8.35. The lowest BCUT2D eigenvalue weighted by atomic mass is 10.1. The van der Waals surface area contributed by atoms with Crippen LogP contribution >= 0.6 is 0 Å². The number of benzene rings is 1. The molecule has 0 amide bonds. The summed E-state index contributed by atoms with van der Waals surface area (Å²) >= 11 is 0. The molecule has 4 rings (SSSR count). The predicted octanol–water partition coefficient (Wildman–Crippen LogP) is 1.85. The van der Waals surface area contributed by atoms with Gasteiger partial charge in [0.1, 0.15) is 18.0 Å². The van der Waals surface area contributed by atoms with E-state index in [4.69, 9.17) is 5.26 Å². The molecule has 152 valence electrons. The fraction of sp³-hybridized carbons (Fsp3) is 0.450. The minimum Gasteiger partial charge on any atom is -0.356 e. The van der Waals surface area contributed by atoms with Crippen LogP contribution in [0.2, 0.25) is 0 Å². The third kappa shape index (κ3) is 4.18. The van der Waals surface area contributed by atoms with E-state index in [-0.39, 0.29) is 4.90 Å². The van der Waals surface area contributed by atoms with Crippen LogP contribution in [0, 0.1) is 11.3 Å². The van der Waals surface area contributed by atoms with Crippen LogP contribution in [-0.4, -0.2) is 62.0 Å². The summed E-state index contributed by atoms with van der Waals surface area (Å²) in [5.74, 6) is 1.79. The molecule has 2 aliphatic rings. The number of aromatic nitrogens is 2. The number of hydrogen-bond acceptors (Lipinski definition) is 7. The van der Waals surface area contributed by atoms with Crippen molar-refractivity contribution in [3.8, 4) is 6.07 Å². The number of anilines is 2. The summed E-state index contributed by atoms with van der Waals surface area (Å²) in [5, 5.41) is 8.89. The van der Waals surface area contributed by atoms with E-state index in [1.807, 2.05) is 12.1 Å². The Morgan fingerprint density at radius 1 is 0.828 bits per heavy atom. The number of nitriles is 1. The molecule has 0 saturated carbocycles. The minimum atomic E-state index is -3.56. The molecular weight excluding hydrogens is 388 g/mol. The van der Waals surface area contributed by atoms with Crippen LogP contribution in [0.15, 0.2) is 41.6 Å². The monoisotopic (exact) mass is 412 g/mol. The van der Waals surface area contributed by atoms with Crippen LogP contribution in [0.1, 0.15) is 24.8 Å². The van der Waals surface area contributed by atoms with Crippen LogP contribution in [0.25, 0.3) is 0 Å². The third-order valence-corrected chi connectivity index (χ3v) is 7.41. The van der Waals surface area contributed by atoms with E-state index >= 15 is 0 Å². The Balaban J connectivity index is 1.43. The Morgan fingerprint density at radius 3 is 2.00 bits per heavy atom. The van der Waals surface area contributed by atoms with Crippen molar-refractivity contribution in [1.29, 1.82) is 5.26 Å². The highest BCUT2D eigenvalue weighted by Gasteiger charge is 2.29. The molecule has 0 bridgehead atoms. The predicted molar refractivity (Wildman–Crippen MR) is 110 cm³/mol. The SMILES string of the molecule is N#Cc1ccc(S(=O)(=O)N2CCN(c3cc(N4CCCCC4)ncn3)CC2)cc1. The molecule has 0 atom stereocenters. The standard InChI is InChI=1S/C20H24N6O2S/c21-15-17-4-6-18(7-5-17)29(27,28)26-12-10-25(11-13-26)20-14-19(22-16-23-20)24-8-2-1-3-9-24/h4-7,14,16H,1-3,8-13H2. The maximum Gasteiger partial charge on any atom is 0.243 e. The molecular formula is C20H24N6O2S. The Morgan fingerprint density at radius 2 is 1.41 bits per heavy atom. The Kier molecular flexibility index (Phi) is 5.65. The molecule has 0 spiro atoms. The van der Waals surface area contributed by atoms with Crippen LogP contribution in [0.5, 0.6) is 0 Å². The minimum absolute atomic E-state index is 0.222. The van der Waals surface area contributed by atoms with Gasteiger partial charge in [-0.2, -0.15) is 9.57 Å². The molecule has 3 heterocycles. The highest BCUT2D eigenvalue weighted by molar-refractivity contribution is 7.89. The van der Waals surface area contributed by atoms with Gasteiger partial charge in [-0.05, 0) is 43.5 Å². The van der Waals surface area contributed by atoms with Gasteiger partial charge in [-0.25, -0.2) is 18.4 Å². The molecule has 2 saturated heterocycles. The van der Waals surface area contributed by atoms with Crippen molar-refractivity contribution < 1.29 is 8.42 Å². The van der Waals surface area contributed by atoms with Gasteiger partial charge in [0, 0.05) is 45.3 Å². The number of hydrogen-bond donors (Lipinski definition) is 0. The second-order valence-corrected chi connectivity index (χ2v) is 9.25. The molecule has 0 aliphatic carbocycles. The molecule has 1 aromatic heterocycles. The van der Waals surface area contributed by atoms with E-state index in [9.17, 15) is 8.42 Å². The number of piperazine rings is 1. The number of rotatable bonds is 4. The zero-order valence-corrected chi connectivity index (χ0v) is 17.1. The molecule has 0 unspecified atom stereocenters. The molecule has 2 aromatic rings. The van der Waals surface area contributed by atoms with Crippen molar-refractivity contribution in [1.82, 2.24) is 14.3 Å². The van der Waals surface area contributed by atoms with Crippen molar-refractivity contribution in [2.24, 2.45) is 0 Å². The fourth-order valence-electron chi connectivity index (χ4n) is 3.81. The first-order valence-corrected chi connectivity index (χ1v) is 11.3. The summed E-state index contributed by atoms with van der Waals surface area (Å²) in [6.45, 7) is 3.98. The zero-order valence-electron chi connectivity index (χ0n) is 16.2. The van der Waals surface area contributed by atoms with E-state index in [0.717, 1.165) is 24.7 Å². The summed E-state index contributed by atoms with van der Waals surface area (Å²) in [4.78, 5) is 13.5. The maximum absolute atomic E-state index is 12.9. The van der Waals surface area contributed by atoms with Crippen molar-refractivity contribution >= 4 is 21.7 Å². The van der Waals surface area contributed by atoms with Crippen LogP contribution in [-0.2, 0) is 10.0 Å². The number of nitrogens with zero attached hydrogens (tertiary/aromatic N) is 6. The highest BCUT2D eigenvalue weighted by Crippen LogP contribution is 2.24. The molecule has 9 heteroatoms. The molecule has 1 aromatic carbocycles. The van der Waals surface area contributed by atoms with Gasteiger partial charge in [0.05, 0.1) is 16.5 Å². The number of sulfonamides is 1. The second-order valence-electron chi connectivity index (χ2n) is 7.31. The lowest BCUT2D eigenvalue weighted by Gasteiger charge is -2.35. The first-order chi connectivity index (χ1) is 14.1. The van der Waals surface area contributed by atoms with Crippen LogP contribution < -0.4 is 9.80 Å². The molecule has 0 N–H and O–H groups in total. The average Bonchev–Trinajstić information content (AvgIpc) is 2.80. The van der Waals surface area contributed by atoms with Crippen LogP contribution in [0.4, 0.5) is 11.6 Å². The van der Waals surface area contributed by atoms with Crippen molar-refractivity contribution in [2.45, 2.75) is 24.2 Å². The summed E-state index contributed by atoms with van der Waals surface area (Å²) < 4.78 is 27.3. The topological polar surface area (TPSA) is 93.4 Å². The van der Waals surface area contributed by atoms with Crippen molar-refractivity contribution in [3.63, 3.8) is 0 Å². The lowest BCUT2D eigenvalue weighted by molar-refractivity contribution is 0.383. The zero-order chi connectivity index (χ0) is 20.3. The van der Waals surface area contributed by atoms with E-state index in [1.165, 1.54) is 47.8 Å². The molecule has 0 radical (unpaired) electrons. The largest absolute Gasteiger partial charge is 0.356 e. The summed E-state index contributed by atoms with van der Waals surface area (Å²) in [5.41, 5.74) is 0.446. The van der Waals surface area contributed by atoms with E-state index in [2.05, 4.69) is 19.8 Å². The van der Waals surface area contributed by atoms with Gasteiger partial charge >= 0.3 is 0 Å². The smallest absolute Gasteiger partial charge is 0.243 e. The van der Waals surface area contributed by atoms with Crippen molar-refractivity contribution in [2.75, 3.05) is 49.1 Å². The Labute approximate surface area is 171 Å². The van der Waals surface area contributed by atoms with Gasteiger partial charge in [-0.15, -0.1) is 0 Å². The molecule has 2 aliphatic heterocycles. The summed E-state index contributed by atoms with van der Waals surface area (Å²) in [7, 11) is -3.56. The van der Waals surface area contributed by atoms with Crippen LogP contribution in [0.3, 0.4) is 0 Å². The van der Waals surface area contributed by atoms with Gasteiger partial charge in [0.2, 0.25) is 10.0 Å². The van der Waals surface area contributed by atoms with E-state index in [0.29, 0.717) is 31.7 Å². The van der Waals surface area contributed by atoms with Gasteiger partial charge in [0.25, 0.3) is 0 Å². The quantitative estimate of drug-likeness (QED) is 0.756.